The monoisotopic (exact) mass is 321 g/mol. The minimum absolute atomic E-state index is 0.0999. The molecule has 126 valence electrons. The SMILES string of the molecule is COCC(C)NC(=O)c1oc2c(c1C)/C(=N/N=C(N)N)CCC2. The molecule has 0 fully saturated rings. The highest BCUT2D eigenvalue weighted by Crippen LogP contribution is 2.30. The van der Waals surface area contributed by atoms with Gasteiger partial charge in [0.25, 0.3) is 5.91 Å². The number of carbonyl (C=O) groups excluding carboxylic acids is 1. The fourth-order valence-corrected chi connectivity index (χ4v) is 2.68. The fraction of sp³-hybridized carbons (Fsp3) is 0.533. The predicted molar refractivity (Wildman–Crippen MR) is 87.5 cm³/mol. The third-order valence-corrected chi connectivity index (χ3v) is 3.61. The molecule has 8 heteroatoms. The Hall–Kier alpha value is -2.35. The lowest BCUT2D eigenvalue weighted by Gasteiger charge is -2.12. The van der Waals surface area contributed by atoms with Gasteiger partial charge in [-0.2, -0.15) is 5.10 Å². The summed E-state index contributed by atoms with van der Waals surface area (Å²) in [5.74, 6) is 0.694. The fourth-order valence-electron chi connectivity index (χ4n) is 2.68. The van der Waals surface area contributed by atoms with Crippen LogP contribution >= 0.6 is 0 Å². The predicted octanol–water partition coefficient (Wildman–Crippen LogP) is 0.667. The number of methoxy groups -OCH3 is 1. The van der Waals surface area contributed by atoms with E-state index in [0.717, 1.165) is 41.9 Å². The van der Waals surface area contributed by atoms with Gasteiger partial charge in [-0.15, -0.1) is 5.10 Å². The average Bonchev–Trinajstić information content (AvgIpc) is 2.83. The molecule has 0 saturated carbocycles. The average molecular weight is 321 g/mol. The van der Waals surface area contributed by atoms with Gasteiger partial charge in [-0.3, -0.25) is 4.79 Å². The molecule has 2 rings (SSSR count). The van der Waals surface area contributed by atoms with Crippen LogP contribution in [0.2, 0.25) is 0 Å². The van der Waals surface area contributed by atoms with E-state index in [9.17, 15) is 4.79 Å². The number of amides is 1. The Morgan fingerprint density at radius 3 is 2.83 bits per heavy atom. The molecule has 1 unspecified atom stereocenters. The Balaban J connectivity index is 2.31. The van der Waals surface area contributed by atoms with Gasteiger partial charge in [-0.1, -0.05) is 0 Å². The molecule has 0 spiro atoms. The van der Waals surface area contributed by atoms with E-state index in [1.807, 2.05) is 13.8 Å². The lowest BCUT2D eigenvalue weighted by Crippen LogP contribution is -2.35. The van der Waals surface area contributed by atoms with Crippen LogP contribution in [-0.2, 0) is 11.2 Å². The van der Waals surface area contributed by atoms with E-state index < -0.39 is 0 Å². The Kier molecular flexibility index (Phi) is 5.38. The standard InChI is InChI=1S/C15H23N5O3/c1-8(7-22-3)18-14(21)13-9(2)12-10(19-20-15(16)17)5-4-6-11(12)23-13/h8H,4-7H2,1-3H3,(H,18,21)(H4,16,17,20)/b19-10+. The molecule has 0 saturated heterocycles. The van der Waals surface area contributed by atoms with Crippen molar-refractivity contribution in [1.29, 1.82) is 0 Å². The Labute approximate surface area is 134 Å². The van der Waals surface area contributed by atoms with Crippen LogP contribution in [0.4, 0.5) is 0 Å². The number of nitrogens with two attached hydrogens (primary N) is 2. The Bertz CT molecular complexity index is 644. The molecule has 0 aliphatic heterocycles. The van der Waals surface area contributed by atoms with Crippen LogP contribution in [0, 0.1) is 6.92 Å². The molecular formula is C15H23N5O3. The number of carbonyl (C=O) groups is 1. The lowest BCUT2D eigenvalue weighted by atomic mass is 9.93. The zero-order valence-corrected chi connectivity index (χ0v) is 13.7. The summed E-state index contributed by atoms with van der Waals surface area (Å²) in [5, 5.41) is 10.7. The van der Waals surface area contributed by atoms with E-state index in [2.05, 4.69) is 15.5 Å². The van der Waals surface area contributed by atoms with Crippen molar-refractivity contribution in [2.24, 2.45) is 21.7 Å². The zero-order chi connectivity index (χ0) is 17.0. The van der Waals surface area contributed by atoms with E-state index in [1.165, 1.54) is 0 Å². The van der Waals surface area contributed by atoms with Crippen LogP contribution < -0.4 is 16.8 Å². The Morgan fingerprint density at radius 2 is 2.17 bits per heavy atom. The van der Waals surface area contributed by atoms with Crippen molar-refractivity contribution in [2.45, 2.75) is 39.2 Å². The molecule has 1 amide bonds. The minimum Gasteiger partial charge on any atom is -0.455 e. The number of aryl methyl sites for hydroxylation is 1. The number of nitrogens with zero attached hydrogens (tertiary/aromatic N) is 2. The quantitative estimate of drug-likeness (QED) is 0.417. The van der Waals surface area contributed by atoms with E-state index in [1.54, 1.807) is 7.11 Å². The molecule has 8 nitrogen and oxygen atoms in total. The first-order chi connectivity index (χ1) is 10.9. The summed E-state index contributed by atoms with van der Waals surface area (Å²) in [6, 6.07) is -0.108. The van der Waals surface area contributed by atoms with Crippen molar-refractivity contribution in [3.63, 3.8) is 0 Å². The second kappa shape index (κ2) is 7.28. The van der Waals surface area contributed by atoms with Crippen LogP contribution in [0.5, 0.6) is 0 Å². The second-order valence-corrected chi connectivity index (χ2v) is 5.61. The summed E-state index contributed by atoms with van der Waals surface area (Å²) in [5.41, 5.74) is 13.0. The van der Waals surface area contributed by atoms with Crippen molar-refractivity contribution >= 4 is 17.6 Å². The molecule has 0 bridgehead atoms. The second-order valence-electron chi connectivity index (χ2n) is 5.61. The first-order valence-electron chi connectivity index (χ1n) is 7.52. The van der Waals surface area contributed by atoms with Crippen LogP contribution in [0.25, 0.3) is 0 Å². The molecule has 0 aromatic carbocycles. The van der Waals surface area contributed by atoms with Gasteiger partial charge >= 0.3 is 0 Å². The molecule has 1 aliphatic rings. The van der Waals surface area contributed by atoms with Crippen molar-refractivity contribution in [1.82, 2.24) is 5.32 Å². The van der Waals surface area contributed by atoms with Gasteiger partial charge in [0, 0.05) is 30.7 Å². The normalized spacial score (nSPS) is 16.7. The third kappa shape index (κ3) is 3.89. The number of ether oxygens (including phenoxy) is 1. The van der Waals surface area contributed by atoms with E-state index >= 15 is 0 Å². The van der Waals surface area contributed by atoms with Gasteiger partial charge in [0.2, 0.25) is 5.96 Å². The van der Waals surface area contributed by atoms with E-state index in [-0.39, 0.29) is 17.9 Å². The molecule has 1 aromatic rings. The highest BCUT2D eigenvalue weighted by Gasteiger charge is 2.28. The van der Waals surface area contributed by atoms with Crippen LogP contribution in [0.1, 0.15) is 47.2 Å². The van der Waals surface area contributed by atoms with Crippen molar-refractivity contribution in [2.75, 3.05) is 13.7 Å². The molecule has 23 heavy (non-hydrogen) atoms. The molecule has 0 radical (unpaired) electrons. The van der Waals surface area contributed by atoms with Crippen LogP contribution in [-0.4, -0.2) is 37.3 Å². The molecular weight excluding hydrogens is 298 g/mol. The summed E-state index contributed by atoms with van der Waals surface area (Å²) in [7, 11) is 1.59. The largest absolute Gasteiger partial charge is 0.455 e. The van der Waals surface area contributed by atoms with Crippen LogP contribution in [0.3, 0.4) is 0 Å². The summed E-state index contributed by atoms with van der Waals surface area (Å²) in [6.45, 7) is 4.14. The van der Waals surface area contributed by atoms with E-state index in [0.29, 0.717) is 12.4 Å². The molecule has 1 aromatic heterocycles. The van der Waals surface area contributed by atoms with Gasteiger partial charge in [-0.05, 0) is 26.7 Å². The molecule has 5 N–H and O–H groups in total. The van der Waals surface area contributed by atoms with Gasteiger partial charge < -0.3 is 25.9 Å². The van der Waals surface area contributed by atoms with Crippen molar-refractivity contribution < 1.29 is 13.9 Å². The molecule has 1 atom stereocenters. The number of hydrogen-bond donors (Lipinski definition) is 3. The van der Waals surface area contributed by atoms with Gasteiger partial charge in [-0.25, -0.2) is 0 Å². The maximum Gasteiger partial charge on any atom is 0.287 e. The van der Waals surface area contributed by atoms with Crippen LogP contribution in [0.15, 0.2) is 14.6 Å². The number of fused-ring (bicyclic) bond motifs is 1. The summed E-state index contributed by atoms with van der Waals surface area (Å²) in [4.78, 5) is 12.4. The highest BCUT2D eigenvalue weighted by atomic mass is 16.5. The number of guanidine groups is 1. The first kappa shape index (κ1) is 17.0. The number of hydrogen-bond acceptors (Lipinski definition) is 5. The Morgan fingerprint density at radius 1 is 1.43 bits per heavy atom. The lowest BCUT2D eigenvalue weighted by molar-refractivity contribution is 0.0875. The zero-order valence-electron chi connectivity index (χ0n) is 13.7. The maximum atomic E-state index is 12.4. The van der Waals surface area contributed by atoms with Gasteiger partial charge in [0.15, 0.2) is 5.76 Å². The topological polar surface area (TPSA) is 128 Å². The maximum absolute atomic E-state index is 12.4. The summed E-state index contributed by atoms with van der Waals surface area (Å²) < 4.78 is 10.8. The van der Waals surface area contributed by atoms with Crippen molar-refractivity contribution in [3.8, 4) is 0 Å². The third-order valence-electron chi connectivity index (χ3n) is 3.61. The summed E-state index contributed by atoms with van der Waals surface area (Å²) >= 11 is 0. The summed E-state index contributed by atoms with van der Waals surface area (Å²) in [6.07, 6.45) is 2.38. The van der Waals surface area contributed by atoms with Crippen molar-refractivity contribution in [3.05, 3.63) is 22.6 Å². The molecule has 1 aliphatic carbocycles. The number of furan rings is 1. The first-order valence-corrected chi connectivity index (χ1v) is 7.52. The minimum atomic E-state index is -0.261. The van der Waals surface area contributed by atoms with Gasteiger partial charge in [0.1, 0.15) is 5.76 Å². The number of rotatable bonds is 5. The highest BCUT2D eigenvalue weighted by molar-refractivity contribution is 6.06. The number of nitrogens with one attached hydrogen (secondary N) is 1. The smallest absolute Gasteiger partial charge is 0.287 e. The molecule has 1 heterocycles. The van der Waals surface area contributed by atoms with E-state index in [4.69, 9.17) is 20.6 Å². The van der Waals surface area contributed by atoms with Gasteiger partial charge in [0.05, 0.1) is 12.3 Å².